The Labute approximate surface area is 108 Å². The summed E-state index contributed by atoms with van der Waals surface area (Å²) in [6.07, 6.45) is 0. The molecule has 18 heavy (non-hydrogen) atoms. The van der Waals surface area contributed by atoms with Crippen LogP contribution in [0.5, 0.6) is 0 Å². The number of nitrogens with zero attached hydrogens (tertiary/aromatic N) is 1. The Hall–Kier alpha value is -2.06. The number of hydrogen-bond acceptors (Lipinski definition) is 1. The second kappa shape index (κ2) is 3.47. The predicted octanol–water partition coefficient (Wildman–Crippen LogP) is 4.52. The topological polar surface area (TPSA) is 28.7 Å². The number of aromatic amines is 1. The average molecular weight is 253 g/mol. The van der Waals surface area contributed by atoms with Crippen molar-refractivity contribution in [2.75, 3.05) is 0 Å². The zero-order valence-corrected chi connectivity index (χ0v) is 10.2. The second-order valence-corrected chi connectivity index (χ2v) is 4.77. The molecule has 0 fully saturated rings. The summed E-state index contributed by atoms with van der Waals surface area (Å²) < 4.78 is 0. The van der Waals surface area contributed by atoms with Crippen LogP contribution in [0, 0.1) is 0 Å². The van der Waals surface area contributed by atoms with Gasteiger partial charge in [0, 0.05) is 16.2 Å². The van der Waals surface area contributed by atoms with E-state index in [4.69, 9.17) is 11.6 Å². The molecule has 0 aliphatic heterocycles. The minimum atomic E-state index is 0.731. The number of benzene rings is 2. The fourth-order valence-electron chi connectivity index (χ4n) is 2.41. The molecule has 0 radical (unpaired) electrons. The van der Waals surface area contributed by atoms with Crippen molar-refractivity contribution >= 4 is 44.4 Å². The first-order valence-electron chi connectivity index (χ1n) is 5.78. The summed E-state index contributed by atoms with van der Waals surface area (Å²) in [5.41, 5.74) is 2.83. The van der Waals surface area contributed by atoms with E-state index >= 15 is 0 Å². The summed E-state index contributed by atoms with van der Waals surface area (Å²) >= 11 is 6.20. The van der Waals surface area contributed by atoms with E-state index in [-0.39, 0.29) is 0 Å². The van der Waals surface area contributed by atoms with Crippen LogP contribution in [-0.4, -0.2) is 9.97 Å². The first-order chi connectivity index (χ1) is 8.83. The van der Waals surface area contributed by atoms with Crippen LogP contribution in [0.4, 0.5) is 0 Å². The molecule has 4 aromatic rings. The number of pyridine rings is 1. The largest absolute Gasteiger partial charge is 0.338 e. The maximum Gasteiger partial charge on any atom is 0.139 e. The van der Waals surface area contributed by atoms with Crippen LogP contribution in [0.15, 0.2) is 48.5 Å². The van der Waals surface area contributed by atoms with Crippen LogP contribution < -0.4 is 0 Å². The van der Waals surface area contributed by atoms with Gasteiger partial charge in [-0.2, -0.15) is 0 Å². The van der Waals surface area contributed by atoms with Gasteiger partial charge in [-0.05, 0) is 18.2 Å². The van der Waals surface area contributed by atoms with Crippen molar-refractivity contribution in [1.29, 1.82) is 0 Å². The SMILES string of the molecule is Clc1cccc2c1[nH]c1nc3ccccc3cc12. The Morgan fingerprint density at radius 2 is 1.83 bits per heavy atom. The Kier molecular flexibility index (Phi) is 1.91. The van der Waals surface area contributed by atoms with Crippen molar-refractivity contribution in [3.05, 3.63) is 53.6 Å². The summed E-state index contributed by atoms with van der Waals surface area (Å²) in [7, 11) is 0. The highest BCUT2D eigenvalue weighted by Gasteiger charge is 2.08. The van der Waals surface area contributed by atoms with E-state index < -0.39 is 0 Å². The zero-order valence-electron chi connectivity index (χ0n) is 9.44. The van der Waals surface area contributed by atoms with Gasteiger partial charge in [-0.3, -0.25) is 0 Å². The zero-order chi connectivity index (χ0) is 12.1. The molecule has 0 saturated heterocycles. The van der Waals surface area contributed by atoms with Gasteiger partial charge in [-0.25, -0.2) is 4.98 Å². The quantitative estimate of drug-likeness (QED) is 0.490. The minimum absolute atomic E-state index is 0.731. The molecular weight excluding hydrogens is 244 g/mol. The molecule has 1 N–H and O–H groups in total. The monoisotopic (exact) mass is 252 g/mol. The van der Waals surface area contributed by atoms with Crippen molar-refractivity contribution in [3.63, 3.8) is 0 Å². The lowest BCUT2D eigenvalue weighted by Crippen LogP contribution is -1.79. The lowest BCUT2D eigenvalue weighted by atomic mass is 10.1. The predicted molar refractivity (Wildman–Crippen MR) is 76.1 cm³/mol. The normalized spacial score (nSPS) is 11.6. The molecule has 4 rings (SSSR count). The fraction of sp³-hybridized carbons (Fsp3) is 0. The summed E-state index contributed by atoms with van der Waals surface area (Å²) in [6, 6.07) is 16.2. The molecule has 2 aromatic heterocycles. The summed E-state index contributed by atoms with van der Waals surface area (Å²) in [5.74, 6) is 0. The third kappa shape index (κ3) is 1.27. The van der Waals surface area contributed by atoms with E-state index in [1.54, 1.807) is 0 Å². The molecule has 3 heteroatoms. The van der Waals surface area contributed by atoms with Crippen LogP contribution >= 0.6 is 11.6 Å². The highest BCUT2D eigenvalue weighted by atomic mass is 35.5. The van der Waals surface area contributed by atoms with Crippen LogP contribution in [0.1, 0.15) is 0 Å². The number of fused-ring (bicyclic) bond motifs is 4. The molecule has 2 heterocycles. The van der Waals surface area contributed by atoms with E-state index in [0.29, 0.717) is 0 Å². The molecule has 2 aromatic carbocycles. The molecular formula is C15H9ClN2. The van der Waals surface area contributed by atoms with Gasteiger partial charge in [0.25, 0.3) is 0 Å². The number of rotatable bonds is 0. The molecule has 0 spiro atoms. The van der Waals surface area contributed by atoms with Gasteiger partial charge < -0.3 is 4.98 Å². The molecule has 0 aliphatic carbocycles. The molecule has 0 aliphatic rings. The van der Waals surface area contributed by atoms with Gasteiger partial charge in [-0.1, -0.05) is 41.9 Å². The number of halogens is 1. The van der Waals surface area contributed by atoms with Gasteiger partial charge in [-0.15, -0.1) is 0 Å². The molecule has 0 saturated carbocycles. The maximum absolute atomic E-state index is 6.20. The van der Waals surface area contributed by atoms with Crippen molar-refractivity contribution in [1.82, 2.24) is 9.97 Å². The van der Waals surface area contributed by atoms with Gasteiger partial charge in [0.1, 0.15) is 5.65 Å². The van der Waals surface area contributed by atoms with E-state index in [1.165, 1.54) is 0 Å². The van der Waals surface area contributed by atoms with Crippen molar-refractivity contribution in [2.45, 2.75) is 0 Å². The van der Waals surface area contributed by atoms with E-state index in [1.807, 2.05) is 30.3 Å². The van der Waals surface area contributed by atoms with Crippen LogP contribution in [0.25, 0.3) is 32.8 Å². The number of para-hydroxylation sites is 2. The fourth-order valence-corrected chi connectivity index (χ4v) is 2.63. The molecule has 0 unspecified atom stereocenters. The second-order valence-electron chi connectivity index (χ2n) is 4.36. The molecule has 0 amide bonds. The number of aromatic nitrogens is 2. The first kappa shape index (κ1) is 9.92. The first-order valence-corrected chi connectivity index (χ1v) is 6.16. The van der Waals surface area contributed by atoms with Gasteiger partial charge in [0.15, 0.2) is 0 Å². The molecule has 86 valence electrons. The molecule has 0 atom stereocenters. The Morgan fingerprint density at radius 1 is 0.944 bits per heavy atom. The van der Waals surface area contributed by atoms with Gasteiger partial charge >= 0.3 is 0 Å². The summed E-state index contributed by atoms with van der Waals surface area (Å²) in [6.45, 7) is 0. The minimum Gasteiger partial charge on any atom is -0.338 e. The number of nitrogens with one attached hydrogen (secondary N) is 1. The Balaban J connectivity index is 2.27. The average Bonchev–Trinajstić information content (AvgIpc) is 2.76. The van der Waals surface area contributed by atoms with Gasteiger partial charge in [0.2, 0.25) is 0 Å². The highest BCUT2D eigenvalue weighted by molar-refractivity contribution is 6.36. The van der Waals surface area contributed by atoms with E-state index in [0.717, 1.165) is 37.9 Å². The van der Waals surface area contributed by atoms with E-state index in [2.05, 4.69) is 28.2 Å². The number of hydrogen-bond donors (Lipinski definition) is 1. The summed E-state index contributed by atoms with van der Waals surface area (Å²) in [4.78, 5) is 7.94. The lowest BCUT2D eigenvalue weighted by Gasteiger charge is -1.96. The molecule has 2 nitrogen and oxygen atoms in total. The third-order valence-electron chi connectivity index (χ3n) is 3.27. The van der Waals surface area contributed by atoms with Gasteiger partial charge in [0.05, 0.1) is 16.1 Å². The Morgan fingerprint density at radius 3 is 2.78 bits per heavy atom. The van der Waals surface area contributed by atoms with Crippen LogP contribution in [0.3, 0.4) is 0 Å². The smallest absolute Gasteiger partial charge is 0.139 e. The highest BCUT2D eigenvalue weighted by Crippen LogP contribution is 2.30. The van der Waals surface area contributed by atoms with Crippen LogP contribution in [-0.2, 0) is 0 Å². The van der Waals surface area contributed by atoms with Crippen molar-refractivity contribution in [3.8, 4) is 0 Å². The Bertz CT molecular complexity index is 893. The maximum atomic E-state index is 6.20. The molecule has 0 bridgehead atoms. The summed E-state index contributed by atoms with van der Waals surface area (Å²) in [5, 5.41) is 4.11. The number of H-pyrrole nitrogens is 1. The third-order valence-corrected chi connectivity index (χ3v) is 3.59. The van der Waals surface area contributed by atoms with Crippen molar-refractivity contribution < 1.29 is 0 Å². The standard InChI is InChI=1S/C15H9ClN2/c16-12-6-3-5-10-11-8-9-4-1-2-7-13(9)17-15(11)18-14(10)12/h1-8H,(H,17,18). The van der Waals surface area contributed by atoms with E-state index in [9.17, 15) is 0 Å². The lowest BCUT2D eigenvalue weighted by molar-refractivity contribution is 1.40. The van der Waals surface area contributed by atoms with Crippen molar-refractivity contribution in [2.24, 2.45) is 0 Å². The van der Waals surface area contributed by atoms with Crippen LogP contribution in [0.2, 0.25) is 5.02 Å².